The summed E-state index contributed by atoms with van der Waals surface area (Å²) in [6.45, 7) is 1.79. The predicted molar refractivity (Wildman–Crippen MR) is 100 cm³/mol. The normalized spacial score (nSPS) is 11.3. The first-order valence-corrected chi connectivity index (χ1v) is 7.67. The van der Waals surface area contributed by atoms with Gasteiger partial charge in [-0.1, -0.05) is 36.4 Å². The van der Waals surface area contributed by atoms with Crippen molar-refractivity contribution in [3.63, 3.8) is 0 Å². The number of nitrogens with two attached hydrogens (primary N) is 1. The van der Waals surface area contributed by atoms with Gasteiger partial charge in [0.1, 0.15) is 0 Å². The van der Waals surface area contributed by atoms with Crippen LogP contribution in [0.1, 0.15) is 12.5 Å². The minimum Gasteiger partial charge on any atom is -0.369 e. The minimum absolute atomic E-state index is 0.245. The molecular weight excluding hydrogens is 316 g/mol. The van der Waals surface area contributed by atoms with Gasteiger partial charge in [0.05, 0.1) is 11.2 Å². The Morgan fingerprint density at radius 3 is 2.52 bits per heavy atom. The molecule has 1 amide bonds. The molecule has 0 aliphatic heterocycles. The Hall–Kier alpha value is -3.61. The van der Waals surface area contributed by atoms with Gasteiger partial charge in [0.25, 0.3) is 0 Å². The van der Waals surface area contributed by atoms with E-state index in [0.29, 0.717) is 5.71 Å². The van der Waals surface area contributed by atoms with Crippen molar-refractivity contribution in [1.82, 2.24) is 9.99 Å². The Labute approximate surface area is 144 Å². The smallest absolute Gasteiger partial charge is 0.330 e. The van der Waals surface area contributed by atoms with Crippen LogP contribution in [0.4, 0.5) is 10.5 Å². The minimum atomic E-state index is -0.263. The lowest BCUT2D eigenvalue weighted by Gasteiger charge is -2.06. The zero-order valence-electron chi connectivity index (χ0n) is 13.7. The highest BCUT2D eigenvalue weighted by atomic mass is 16.2. The third kappa shape index (κ3) is 3.50. The number of carbonyl (C=O) groups is 1. The first-order chi connectivity index (χ1) is 12.1. The Morgan fingerprint density at radius 2 is 1.80 bits per heavy atom. The number of amides is 1. The number of benzene rings is 2. The Kier molecular flexibility index (Phi) is 4.47. The second-order valence-electron chi connectivity index (χ2n) is 5.45. The van der Waals surface area contributed by atoms with Gasteiger partial charge < -0.3 is 11.1 Å². The molecule has 0 spiro atoms. The van der Waals surface area contributed by atoms with Crippen molar-refractivity contribution in [1.29, 1.82) is 5.41 Å². The molecule has 0 aliphatic carbocycles. The molecule has 3 aromatic rings. The summed E-state index contributed by atoms with van der Waals surface area (Å²) in [6.07, 6.45) is 1.73. The quantitative estimate of drug-likeness (QED) is 0.336. The molecule has 0 saturated carbocycles. The number of fused-ring (bicyclic) bond motifs is 1. The molecule has 0 atom stereocenters. The van der Waals surface area contributed by atoms with Crippen LogP contribution < -0.4 is 16.5 Å². The van der Waals surface area contributed by atoms with E-state index in [-0.39, 0.29) is 12.0 Å². The SMILES string of the molecule is CC(=NNC(=N)N)c1cn(C(=O)Nc2ccccc2)c2ccccc12. The fraction of sp³-hybridized carbons (Fsp3) is 0.0556. The number of nitrogens with one attached hydrogen (secondary N) is 3. The molecule has 0 aliphatic rings. The number of hydrazone groups is 1. The van der Waals surface area contributed by atoms with E-state index in [1.807, 2.05) is 54.6 Å². The van der Waals surface area contributed by atoms with E-state index in [1.165, 1.54) is 0 Å². The van der Waals surface area contributed by atoms with Crippen LogP contribution in [0, 0.1) is 5.41 Å². The van der Waals surface area contributed by atoms with E-state index in [0.717, 1.165) is 22.2 Å². The molecule has 0 bridgehead atoms. The molecule has 1 heterocycles. The summed E-state index contributed by atoms with van der Waals surface area (Å²) >= 11 is 0. The standard InChI is InChI=1S/C18H18N6O/c1-12(22-23-17(19)20)15-11-24(16-10-6-5-9-14(15)16)18(25)21-13-7-3-2-4-8-13/h2-11H,1H3,(H,21,25)(H4,19,20,23). The fourth-order valence-electron chi connectivity index (χ4n) is 2.55. The van der Waals surface area contributed by atoms with Gasteiger partial charge in [0.2, 0.25) is 5.96 Å². The van der Waals surface area contributed by atoms with Crippen molar-refractivity contribution in [2.45, 2.75) is 6.92 Å². The zero-order valence-corrected chi connectivity index (χ0v) is 13.7. The Balaban J connectivity index is 2.00. The molecule has 0 radical (unpaired) electrons. The predicted octanol–water partition coefficient (Wildman–Crippen LogP) is 2.93. The fourth-order valence-corrected chi connectivity index (χ4v) is 2.55. The number of guanidine groups is 1. The molecule has 2 aromatic carbocycles. The van der Waals surface area contributed by atoms with Crippen LogP contribution in [0.2, 0.25) is 0 Å². The molecule has 0 fully saturated rings. The van der Waals surface area contributed by atoms with Crippen LogP contribution in [-0.4, -0.2) is 22.3 Å². The van der Waals surface area contributed by atoms with Gasteiger partial charge in [-0.05, 0) is 25.1 Å². The maximum Gasteiger partial charge on any atom is 0.330 e. The van der Waals surface area contributed by atoms with E-state index in [1.54, 1.807) is 17.7 Å². The van der Waals surface area contributed by atoms with Gasteiger partial charge in [-0.2, -0.15) is 5.10 Å². The summed E-state index contributed by atoms with van der Waals surface area (Å²) in [4.78, 5) is 12.7. The summed E-state index contributed by atoms with van der Waals surface area (Å²) in [7, 11) is 0. The second kappa shape index (κ2) is 6.88. The van der Waals surface area contributed by atoms with Gasteiger partial charge in [0, 0.05) is 22.8 Å². The van der Waals surface area contributed by atoms with Crippen LogP contribution in [0.5, 0.6) is 0 Å². The van der Waals surface area contributed by atoms with Gasteiger partial charge in [0.15, 0.2) is 0 Å². The van der Waals surface area contributed by atoms with Crippen molar-refractivity contribution in [2.75, 3.05) is 5.32 Å². The van der Waals surface area contributed by atoms with E-state index in [2.05, 4.69) is 15.8 Å². The highest BCUT2D eigenvalue weighted by Crippen LogP contribution is 2.22. The summed E-state index contributed by atoms with van der Waals surface area (Å²) in [5.74, 6) is -0.245. The lowest BCUT2D eigenvalue weighted by molar-refractivity contribution is 0.254. The average Bonchev–Trinajstić information content (AvgIpc) is 3.00. The number of anilines is 1. The molecule has 7 nitrogen and oxygen atoms in total. The molecule has 3 rings (SSSR count). The first kappa shape index (κ1) is 16.3. The highest BCUT2D eigenvalue weighted by molar-refractivity contribution is 6.12. The summed E-state index contributed by atoms with van der Waals surface area (Å²) in [5.41, 5.74) is 10.6. The topological polar surface area (TPSA) is 108 Å². The molecule has 126 valence electrons. The number of hydrogen-bond donors (Lipinski definition) is 4. The molecular formula is C18H18N6O. The van der Waals surface area contributed by atoms with E-state index in [4.69, 9.17) is 11.1 Å². The number of rotatable bonds is 3. The van der Waals surface area contributed by atoms with E-state index in [9.17, 15) is 4.79 Å². The largest absolute Gasteiger partial charge is 0.369 e. The Morgan fingerprint density at radius 1 is 1.12 bits per heavy atom. The van der Waals surface area contributed by atoms with Crippen LogP contribution in [0.15, 0.2) is 65.9 Å². The number of nitrogens with zero attached hydrogens (tertiary/aromatic N) is 2. The number of aromatic nitrogens is 1. The summed E-state index contributed by atoms with van der Waals surface area (Å²) in [6, 6.07) is 16.6. The van der Waals surface area contributed by atoms with Gasteiger partial charge >= 0.3 is 6.03 Å². The molecule has 7 heteroatoms. The van der Waals surface area contributed by atoms with Gasteiger partial charge in [-0.3, -0.25) is 9.98 Å². The maximum atomic E-state index is 12.7. The van der Waals surface area contributed by atoms with Crippen molar-refractivity contribution in [3.05, 3.63) is 66.4 Å². The number of carbonyl (C=O) groups excluding carboxylic acids is 1. The van der Waals surface area contributed by atoms with Crippen LogP contribution in [-0.2, 0) is 0 Å². The Bertz CT molecular complexity index is 958. The van der Waals surface area contributed by atoms with Crippen LogP contribution >= 0.6 is 0 Å². The zero-order chi connectivity index (χ0) is 17.8. The van der Waals surface area contributed by atoms with Crippen molar-refractivity contribution in [3.8, 4) is 0 Å². The third-order valence-electron chi connectivity index (χ3n) is 3.69. The molecule has 0 saturated heterocycles. The van der Waals surface area contributed by atoms with E-state index >= 15 is 0 Å². The molecule has 5 N–H and O–H groups in total. The maximum absolute atomic E-state index is 12.7. The highest BCUT2D eigenvalue weighted by Gasteiger charge is 2.15. The van der Waals surface area contributed by atoms with E-state index < -0.39 is 0 Å². The molecule has 25 heavy (non-hydrogen) atoms. The van der Waals surface area contributed by atoms with Crippen molar-refractivity contribution >= 4 is 34.3 Å². The van der Waals surface area contributed by atoms with Gasteiger partial charge in [-0.15, -0.1) is 0 Å². The lowest BCUT2D eigenvalue weighted by Crippen LogP contribution is -2.26. The second-order valence-corrected chi connectivity index (χ2v) is 5.45. The summed E-state index contributed by atoms with van der Waals surface area (Å²) < 4.78 is 1.55. The van der Waals surface area contributed by atoms with Gasteiger partial charge in [-0.25, -0.2) is 10.2 Å². The lowest BCUT2D eigenvalue weighted by atomic mass is 10.1. The average molecular weight is 334 g/mol. The first-order valence-electron chi connectivity index (χ1n) is 7.67. The van der Waals surface area contributed by atoms with Crippen LogP contribution in [0.25, 0.3) is 10.9 Å². The monoisotopic (exact) mass is 334 g/mol. The third-order valence-corrected chi connectivity index (χ3v) is 3.69. The number of para-hydroxylation sites is 2. The molecule has 0 unspecified atom stereocenters. The van der Waals surface area contributed by atoms with Crippen LogP contribution in [0.3, 0.4) is 0 Å². The summed E-state index contributed by atoms with van der Waals surface area (Å²) in [5, 5.41) is 15.0. The number of hydrogen-bond acceptors (Lipinski definition) is 3. The molecule has 1 aromatic heterocycles. The van der Waals surface area contributed by atoms with Crippen molar-refractivity contribution < 1.29 is 4.79 Å². The van der Waals surface area contributed by atoms with Crippen molar-refractivity contribution in [2.24, 2.45) is 10.8 Å².